The van der Waals surface area contributed by atoms with Crippen LogP contribution < -0.4 is 9.47 Å². The average molecular weight is 366 g/mol. The minimum atomic E-state index is -4.45. The first-order chi connectivity index (χ1) is 12.4. The first-order valence-corrected chi connectivity index (χ1v) is 8.20. The monoisotopic (exact) mass is 366 g/mol. The molecule has 1 aliphatic rings. The third-order valence-electron chi connectivity index (χ3n) is 3.91. The first kappa shape index (κ1) is 18.0. The fraction of sp³-hybridized carbons (Fsp3) is 0.333. The molecule has 0 N–H and O–H groups in total. The summed E-state index contributed by atoms with van der Waals surface area (Å²) in [5.41, 5.74) is -0.853. The standard InChI is InChI=1S/C18H17F3N2O3/c19-18(20,21)13-7-8-16(22-12-13)25-14-5-4-6-15(11-14)26-17(24)23-9-2-1-3-10-23/h4-8,11-12H,1-3,9-10H2. The molecule has 0 aliphatic carbocycles. The number of likely N-dealkylation sites (tertiary alicyclic amines) is 1. The molecule has 0 radical (unpaired) electrons. The van der Waals surface area contributed by atoms with Crippen LogP contribution in [-0.4, -0.2) is 29.1 Å². The number of hydrogen-bond donors (Lipinski definition) is 0. The molecule has 1 aromatic carbocycles. The molecule has 0 unspecified atom stereocenters. The van der Waals surface area contributed by atoms with Gasteiger partial charge in [-0.2, -0.15) is 13.2 Å². The second-order valence-electron chi connectivity index (χ2n) is 5.88. The van der Waals surface area contributed by atoms with Gasteiger partial charge in [-0.05, 0) is 37.5 Å². The van der Waals surface area contributed by atoms with Crippen molar-refractivity contribution >= 4 is 6.09 Å². The van der Waals surface area contributed by atoms with E-state index >= 15 is 0 Å². The lowest BCUT2D eigenvalue weighted by atomic mass is 10.1. The van der Waals surface area contributed by atoms with Gasteiger partial charge in [0.1, 0.15) is 11.5 Å². The largest absolute Gasteiger partial charge is 0.439 e. The molecule has 26 heavy (non-hydrogen) atoms. The van der Waals surface area contributed by atoms with Crippen LogP contribution in [0.5, 0.6) is 17.4 Å². The van der Waals surface area contributed by atoms with Crippen molar-refractivity contribution in [1.29, 1.82) is 0 Å². The van der Waals surface area contributed by atoms with E-state index < -0.39 is 17.8 Å². The van der Waals surface area contributed by atoms with Gasteiger partial charge in [0.15, 0.2) is 0 Å². The van der Waals surface area contributed by atoms with Crippen molar-refractivity contribution in [3.8, 4) is 17.4 Å². The summed E-state index contributed by atoms with van der Waals surface area (Å²) >= 11 is 0. The fourth-order valence-corrected chi connectivity index (χ4v) is 2.57. The number of carbonyl (C=O) groups excluding carboxylic acids is 1. The van der Waals surface area contributed by atoms with E-state index in [1.165, 1.54) is 6.07 Å². The van der Waals surface area contributed by atoms with Crippen LogP contribution in [0.2, 0.25) is 0 Å². The summed E-state index contributed by atoms with van der Waals surface area (Å²) in [5, 5.41) is 0. The third kappa shape index (κ3) is 4.65. The summed E-state index contributed by atoms with van der Waals surface area (Å²) < 4.78 is 48.4. The average Bonchev–Trinajstić information content (AvgIpc) is 2.62. The van der Waals surface area contributed by atoms with E-state index in [9.17, 15) is 18.0 Å². The molecule has 3 rings (SSSR count). The summed E-state index contributed by atoms with van der Waals surface area (Å²) in [5.74, 6) is 0.615. The van der Waals surface area contributed by atoms with Gasteiger partial charge < -0.3 is 14.4 Å². The summed E-state index contributed by atoms with van der Waals surface area (Å²) in [6, 6.07) is 8.34. The minimum Gasteiger partial charge on any atom is -0.439 e. The van der Waals surface area contributed by atoms with Crippen LogP contribution in [0.25, 0.3) is 0 Å². The number of aromatic nitrogens is 1. The fourth-order valence-electron chi connectivity index (χ4n) is 2.57. The van der Waals surface area contributed by atoms with Gasteiger partial charge >= 0.3 is 12.3 Å². The molecule has 1 saturated heterocycles. The molecule has 1 aromatic heterocycles. The van der Waals surface area contributed by atoms with Crippen LogP contribution in [0.4, 0.5) is 18.0 Å². The molecule has 0 saturated carbocycles. The third-order valence-corrected chi connectivity index (χ3v) is 3.91. The lowest BCUT2D eigenvalue weighted by Gasteiger charge is -2.25. The van der Waals surface area contributed by atoms with Crippen molar-refractivity contribution in [1.82, 2.24) is 9.88 Å². The Morgan fingerprint density at radius 3 is 2.42 bits per heavy atom. The Kier molecular flexibility index (Phi) is 5.29. The molecule has 1 aliphatic heterocycles. The Balaban J connectivity index is 1.64. The molecule has 2 heterocycles. The van der Waals surface area contributed by atoms with Crippen LogP contribution in [0.1, 0.15) is 24.8 Å². The molecular weight excluding hydrogens is 349 g/mol. The summed E-state index contributed by atoms with van der Waals surface area (Å²) in [4.78, 5) is 17.4. The molecule has 138 valence electrons. The maximum absolute atomic E-state index is 12.5. The second kappa shape index (κ2) is 7.63. The van der Waals surface area contributed by atoms with Crippen molar-refractivity contribution in [2.45, 2.75) is 25.4 Å². The molecule has 5 nitrogen and oxygen atoms in total. The maximum Gasteiger partial charge on any atom is 0.417 e. The smallest absolute Gasteiger partial charge is 0.417 e. The molecule has 0 bridgehead atoms. The summed E-state index contributed by atoms with van der Waals surface area (Å²) in [7, 11) is 0. The van der Waals surface area contributed by atoms with Crippen LogP contribution in [0.3, 0.4) is 0 Å². The van der Waals surface area contributed by atoms with E-state index in [0.29, 0.717) is 30.8 Å². The summed E-state index contributed by atoms with van der Waals surface area (Å²) in [6.45, 7) is 1.34. The highest BCUT2D eigenvalue weighted by Gasteiger charge is 2.30. The highest BCUT2D eigenvalue weighted by molar-refractivity contribution is 5.70. The first-order valence-electron chi connectivity index (χ1n) is 8.20. The van der Waals surface area contributed by atoms with Crippen molar-refractivity contribution in [2.75, 3.05) is 13.1 Å². The Morgan fingerprint density at radius 1 is 1.04 bits per heavy atom. The zero-order valence-corrected chi connectivity index (χ0v) is 13.8. The van der Waals surface area contributed by atoms with E-state index in [1.807, 2.05) is 0 Å². The molecule has 0 spiro atoms. The normalized spacial score (nSPS) is 14.8. The van der Waals surface area contributed by atoms with Gasteiger partial charge in [-0.3, -0.25) is 0 Å². The highest BCUT2D eigenvalue weighted by Crippen LogP contribution is 2.30. The van der Waals surface area contributed by atoms with Gasteiger partial charge in [0.25, 0.3) is 0 Å². The molecular formula is C18H17F3N2O3. The SMILES string of the molecule is O=C(Oc1cccc(Oc2ccc(C(F)(F)F)cn2)c1)N1CCCCC1. The highest BCUT2D eigenvalue weighted by atomic mass is 19.4. The van der Waals surface area contributed by atoms with E-state index in [-0.39, 0.29) is 5.88 Å². The minimum absolute atomic E-state index is 0.0116. The lowest BCUT2D eigenvalue weighted by Crippen LogP contribution is -2.37. The van der Waals surface area contributed by atoms with Crippen molar-refractivity contribution in [3.63, 3.8) is 0 Å². The Bertz CT molecular complexity index is 757. The van der Waals surface area contributed by atoms with Crippen LogP contribution in [0, 0.1) is 0 Å². The number of ether oxygens (including phenoxy) is 2. The number of rotatable bonds is 3. The molecule has 8 heteroatoms. The maximum atomic E-state index is 12.5. The van der Waals surface area contributed by atoms with E-state index in [1.54, 1.807) is 23.1 Å². The Hall–Kier alpha value is -2.77. The summed E-state index contributed by atoms with van der Waals surface area (Å²) in [6.07, 6.45) is -1.15. The quantitative estimate of drug-likeness (QED) is 0.777. The molecule has 2 aromatic rings. The topological polar surface area (TPSA) is 51.7 Å². The number of pyridine rings is 1. The lowest BCUT2D eigenvalue weighted by molar-refractivity contribution is -0.137. The van der Waals surface area contributed by atoms with Gasteiger partial charge in [-0.1, -0.05) is 6.07 Å². The molecule has 1 amide bonds. The molecule has 1 fully saturated rings. The van der Waals surface area contributed by atoms with Gasteiger partial charge in [0.05, 0.1) is 5.56 Å². The van der Waals surface area contributed by atoms with Gasteiger partial charge in [0.2, 0.25) is 5.88 Å². The predicted molar refractivity (Wildman–Crippen MR) is 87.2 cm³/mol. The van der Waals surface area contributed by atoms with Gasteiger partial charge in [-0.15, -0.1) is 0 Å². The van der Waals surface area contributed by atoms with Crippen LogP contribution >= 0.6 is 0 Å². The predicted octanol–water partition coefficient (Wildman–Crippen LogP) is 4.88. The number of amides is 1. The van der Waals surface area contributed by atoms with E-state index in [4.69, 9.17) is 9.47 Å². The van der Waals surface area contributed by atoms with Gasteiger partial charge in [0, 0.05) is 31.4 Å². The number of alkyl halides is 3. The Labute approximate surface area is 148 Å². The van der Waals surface area contributed by atoms with Crippen molar-refractivity contribution < 1.29 is 27.4 Å². The van der Waals surface area contributed by atoms with Crippen molar-refractivity contribution in [3.05, 3.63) is 48.2 Å². The van der Waals surface area contributed by atoms with Crippen LogP contribution in [0.15, 0.2) is 42.6 Å². The van der Waals surface area contributed by atoms with Crippen LogP contribution in [-0.2, 0) is 6.18 Å². The van der Waals surface area contributed by atoms with Crippen molar-refractivity contribution in [2.24, 2.45) is 0 Å². The second-order valence-corrected chi connectivity index (χ2v) is 5.88. The number of halogens is 3. The van der Waals surface area contributed by atoms with Gasteiger partial charge in [-0.25, -0.2) is 9.78 Å². The number of hydrogen-bond acceptors (Lipinski definition) is 4. The number of nitrogens with zero attached hydrogens (tertiary/aromatic N) is 2. The Morgan fingerprint density at radius 2 is 1.77 bits per heavy atom. The molecule has 0 atom stereocenters. The number of benzene rings is 1. The number of piperidine rings is 1. The number of carbonyl (C=O) groups is 1. The zero-order chi connectivity index (χ0) is 18.6. The zero-order valence-electron chi connectivity index (χ0n) is 13.8. The van der Waals surface area contributed by atoms with E-state index in [2.05, 4.69) is 4.98 Å². The van der Waals surface area contributed by atoms with E-state index in [0.717, 1.165) is 31.4 Å².